The largest absolute Gasteiger partial charge is 0.449 e. The van der Waals surface area contributed by atoms with Crippen molar-refractivity contribution in [3.63, 3.8) is 0 Å². The lowest BCUT2D eigenvalue weighted by atomic mass is 10.0. The molecule has 2 aromatic rings. The number of thioether (sulfide) groups is 1. The quantitative estimate of drug-likeness (QED) is 0.0832. The maximum Gasteiger partial charge on any atom is 0.329 e. The highest BCUT2D eigenvalue weighted by Crippen LogP contribution is 2.13. The van der Waals surface area contributed by atoms with Gasteiger partial charge in [-0.25, -0.2) is 4.79 Å². The lowest BCUT2D eigenvalue weighted by Crippen LogP contribution is -2.56. The van der Waals surface area contributed by atoms with Crippen molar-refractivity contribution < 1.29 is 38.3 Å². The summed E-state index contributed by atoms with van der Waals surface area (Å²) in [6.07, 6.45) is 1.38. The van der Waals surface area contributed by atoms with Crippen LogP contribution >= 0.6 is 11.8 Å². The van der Waals surface area contributed by atoms with Gasteiger partial charge in [-0.1, -0.05) is 74.5 Å². The summed E-state index contributed by atoms with van der Waals surface area (Å²) in [6.45, 7) is 3.12. The van der Waals surface area contributed by atoms with E-state index in [9.17, 15) is 33.6 Å². The maximum atomic E-state index is 13.8. The van der Waals surface area contributed by atoms with Gasteiger partial charge >= 0.3 is 5.97 Å². The number of carbonyl (C=O) groups excluding carboxylic acids is 7. The summed E-state index contributed by atoms with van der Waals surface area (Å²) in [7, 11) is 0. The molecular formula is C37H51N7O8S. The lowest BCUT2D eigenvalue weighted by molar-refractivity contribution is -0.160. The van der Waals surface area contributed by atoms with Gasteiger partial charge in [-0.15, -0.1) is 0 Å². The first kappa shape index (κ1) is 42.5. The molecule has 2 aromatic carbocycles. The molecule has 1 aliphatic heterocycles. The number of hydrogen-bond donors (Lipinski definition) is 7. The van der Waals surface area contributed by atoms with Crippen molar-refractivity contribution in [3.8, 4) is 0 Å². The second kappa shape index (κ2) is 21.5. The van der Waals surface area contributed by atoms with Gasteiger partial charge in [0, 0.05) is 12.8 Å². The minimum absolute atomic E-state index is 0.0178. The third-order valence-electron chi connectivity index (χ3n) is 8.45. The number of rotatable bonds is 21. The number of benzene rings is 2. The van der Waals surface area contributed by atoms with Crippen molar-refractivity contribution in [3.05, 3.63) is 71.8 Å². The SMILES string of the molecule is CSCC[C@H](NC(=O)[C@H](CC(C)C)NC(=O)CNC(=O)[C@H](OC(=O)[C@H](Cc1ccccc1)NC(=O)[C@@H]1CCC(=O)N1)[C@@H](N)Cc1ccccc1)C(N)=O. The van der Waals surface area contributed by atoms with E-state index in [0.717, 1.165) is 5.56 Å². The smallest absolute Gasteiger partial charge is 0.329 e. The van der Waals surface area contributed by atoms with Crippen molar-refractivity contribution in [2.45, 2.75) is 88.7 Å². The summed E-state index contributed by atoms with van der Waals surface area (Å²) in [5, 5.41) is 12.9. The van der Waals surface area contributed by atoms with E-state index in [1.165, 1.54) is 11.8 Å². The summed E-state index contributed by atoms with van der Waals surface area (Å²) in [4.78, 5) is 90.5. The fourth-order valence-corrected chi connectivity index (χ4v) is 6.14. The molecule has 6 atom stereocenters. The van der Waals surface area contributed by atoms with E-state index in [4.69, 9.17) is 16.2 Å². The molecule has 6 amide bonds. The molecule has 0 radical (unpaired) electrons. The second-order valence-corrected chi connectivity index (χ2v) is 14.3. The zero-order valence-electron chi connectivity index (χ0n) is 30.3. The Kier molecular flexibility index (Phi) is 17.3. The van der Waals surface area contributed by atoms with Crippen molar-refractivity contribution in [1.82, 2.24) is 26.6 Å². The maximum absolute atomic E-state index is 13.8. The molecule has 0 saturated carbocycles. The molecule has 3 rings (SSSR count). The summed E-state index contributed by atoms with van der Waals surface area (Å²) in [5.41, 5.74) is 13.4. The molecule has 288 valence electrons. The van der Waals surface area contributed by atoms with E-state index in [1.54, 1.807) is 54.6 Å². The Bertz CT molecular complexity index is 1560. The number of nitrogens with one attached hydrogen (secondary N) is 5. The second-order valence-electron chi connectivity index (χ2n) is 13.3. The summed E-state index contributed by atoms with van der Waals surface area (Å²) >= 11 is 1.49. The molecular weight excluding hydrogens is 703 g/mol. The van der Waals surface area contributed by atoms with Crippen LogP contribution in [0.5, 0.6) is 0 Å². The van der Waals surface area contributed by atoms with Crippen LogP contribution in [-0.2, 0) is 51.1 Å². The van der Waals surface area contributed by atoms with Gasteiger partial charge in [0.25, 0.3) is 5.91 Å². The highest BCUT2D eigenvalue weighted by molar-refractivity contribution is 7.98. The van der Waals surface area contributed by atoms with E-state index in [1.807, 2.05) is 26.2 Å². The number of esters is 1. The predicted molar refractivity (Wildman–Crippen MR) is 200 cm³/mol. The topological polar surface area (TPSA) is 241 Å². The molecule has 0 spiro atoms. The first-order valence-corrected chi connectivity index (χ1v) is 19.0. The number of nitrogens with two attached hydrogens (primary N) is 2. The molecule has 53 heavy (non-hydrogen) atoms. The van der Waals surface area contributed by atoms with E-state index >= 15 is 0 Å². The first-order chi connectivity index (χ1) is 25.3. The number of primary amides is 1. The van der Waals surface area contributed by atoms with Crippen LogP contribution in [0.3, 0.4) is 0 Å². The van der Waals surface area contributed by atoms with Gasteiger partial charge in [-0.2, -0.15) is 11.8 Å². The summed E-state index contributed by atoms with van der Waals surface area (Å²) in [5.74, 6) is -4.12. The molecule has 1 aliphatic rings. The van der Waals surface area contributed by atoms with Gasteiger partial charge in [-0.05, 0) is 54.7 Å². The third kappa shape index (κ3) is 14.5. The van der Waals surface area contributed by atoms with Crippen LogP contribution in [0.1, 0.15) is 50.7 Å². The van der Waals surface area contributed by atoms with Gasteiger partial charge in [-0.3, -0.25) is 28.8 Å². The van der Waals surface area contributed by atoms with Crippen LogP contribution in [0.4, 0.5) is 0 Å². The van der Waals surface area contributed by atoms with Gasteiger partial charge in [0.05, 0.1) is 12.6 Å². The molecule has 0 bridgehead atoms. The molecule has 15 nitrogen and oxygen atoms in total. The Labute approximate surface area is 313 Å². The third-order valence-corrected chi connectivity index (χ3v) is 9.10. The van der Waals surface area contributed by atoms with Crippen LogP contribution in [0, 0.1) is 5.92 Å². The summed E-state index contributed by atoms with van der Waals surface area (Å²) < 4.78 is 5.75. The van der Waals surface area contributed by atoms with Crippen molar-refractivity contribution in [2.75, 3.05) is 18.6 Å². The highest BCUT2D eigenvalue weighted by atomic mass is 32.2. The molecule has 1 saturated heterocycles. The van der Waals surface area contributed by atoms with E-state index in [0.29, 0.717) is 17.7 Å². The van der Waals surface area contributed by atoms with Gasteiger partial charge < -0.3 is 42.8 Å². The van der Waals surface area contributed by atoms with Crippen LogP contribution in [-0.4, -0.2) is 96.3 Å². The van der Waals surface area contributed by atoms with Crippen molar-refractivity contribution >= 4 is 53.2 Å². The minimum Gasteiger partial charge on any atom is -0.449 e. The zero-order chi connectivity index (χ0) is 38.9. The predicted octanol–water partition coefficient (Wildman–Crippen LogP) is -0.155. The fraction of sp³-hybridized carbons (Fsp3) is 0.486. The lowest BCUT2D eigenvalue weighted by Gasteiger charge is -2.27. The molecule has 0 aliphatic carbocycles. The molecule has 1 fully saturated rings. The number of carbonyl (C=O) groups is 7. The number of hydrogen-bond acceptors (Lipinski definition) is 10. The number of ether oxygens (including phenoxy) is 1. The van der Waals surface area contributed by atoms with E-state index < -0.39 is 78.4 Å². The van der Waals surface area contributed by atoms with Crippen LogP contribution in [0.25, 0.3) is 0 Å². The molecule has 0 aromatic heterocycles. The molecule has 1 heterocycles. The average Bonchev–Trinajstić information content (AvgIpc) is 3.57. The molecule has 9 N–H and O–H groups in total. The highest BCUT2D eigenvalue weighted by Gasteiger charge is 2.36. The first-order valence-electron chi connectivity index (χ1n) is 17.6. The van der Waals surface area contributed by atoms with Gasteiger partial charge in [0.15, 0.2) is 6.10 Å². The Morgan fingerprint density at radius 2 is 1.49 bits per heavy atom. The Morgan fingerprint density at radius 3 is 2.04 bits per heavy atom. The molecule has 16 heteroatoms. The molecule has 0 unspecified atom stereocenters. The minimum atomic E-state index is -1.60. The van der Waals surface area contributed by atoms with Crippen molar-refractivity contribution in [1.29, 1.82) is 0 Å². The van der Waals surface area contributed by atoms with Gasteiger partial charge in [0.1, 0.15) is 24.2 Å². The monoisotopic (exact) mass is 753 g/mol. The summed E-state index contributed by atoms with van der Waals surface area (Å²) in [6, 6.07) is 12.7. The fourth-order valence-electron chi connectivity index (χ4n) is 5.67. The average molecular weight is 754 g/mol. The van der Waals surface area contributed by atoms with E-state index in [-0.39, 0.29) is 43.9 Å². The standard InChI is InChI=1S/C37H51N7O8S/c1-22(2)18-28(35(49)43-26(33(39)47)16-17-53-3)42-31(46)21-40-36(50)32(25(38)19-23-10-6-4-7-11-23)52-37(51)29(20-24-12-8-5-9-13-24)44-34(48)27-14-15-30(45)41-27/h4-13,22,25-29,32H,14-21,38H2,1-3H3,(H2,39,47)(H,40,50)(H,41,45)(H,42,46)(H,43,49)(H,44,48)/t25-,26-,27-,28-,29-,32+/m0/s1. The zero-order valence-corrected chi connectivity index (χ0v) is 31.1. The van der Waals surface area contributed by atoms with Gasteiger partial charge in [0.2, 0.25) is 29.5 Å². The number of amides is 6. The normalized spacial score (nSPS) is 16.6. The van der Waals surface area contributed by atoms with Crippen LogP contribution in [0.2, 0.25) is 0 Å². The Balaban J connectivity index is 1.77. The van der Waals surface area contributed by atoms with Crippen LogP contribution in [0.15, 0.2) is 60.7 Å². The van der Waals surface area contributed by atoms with E-state index in [2.05, 4.69) is 26.6 Å². The Hall–Kier alpha value is -4.96. The Morgan fingerprint density at radius 1 is 0.868 bits per heavy atom. The van der Waals surface area contributed by atoms with Crippen molar-refractivity contribution in [2.24, 2.45) is 17.4 Å². The van der Waals surface area contributed by atoms with Crippen LogP contribution < -0.4 is 38.1 Å².